The summed E-state index contributed by atoms with van der Waals surface area (Å²) in [5.41, 5.74) is 1.26. The fraction of sp³-hybridized carbons (Fsp3) is 0.292. The number of ether oxygens (including phenoxy) is 2. The van der Waals surface area contributed by atoms with Gasteiger partial charge in [0.2, 0.25) is 10.0 Å². The van der Waals surface area contributed by atoms with Gasteiger partial charge in [-0.2, -0.15) is 4.31 Å². The molecule has 0 atom stereocenters. The Kier molecular flexibility index (Phi) is 7.37. The summed E-state index contributed by atoms with van der Waals surface area (Å²) >= 11 is 0. The second-order valence-corrected chi connectivity index (χ2v) is 9.61. The van der Waals surface area contributed by atoms with Crippen molar-refractivity contribution >= 4 is 10.0 Å². The Morgan fingerprint density at radius 1 is 0.844 bits per heavy atom. The second kappa shape index (κ2) is 10.0. The van der Waals surface area contributed by atoms with Crippen molar-refractivity contribution in [2.24, 2.45) is 0 Å². The van der Waals surface area contributed by atoms with E-state index in [0.29, 0.717) is 11.5 Å². The normalized spacial score (nSPS) is 11.7. The van der Waals surface area contributed by atoms with Crippen LogP contribution in [0.4, 0.5) is 0 Å². The quantitative estimate of drug-likeness (QED) is 0.489. The molecule has 0 bridgehead atoms. The van der Waals surface area contributed by atoms with Crippen LogP contribution in [-0.2, 0) is 23.1 Å². The van der Waals surface area contributed by atoms with Crippen molar-refractivity contribution in [3.8, 4) is 11.5 Å². The van der Waals surface area contributed by atoms with Crippen LogP contribution in [0.15, 0.2) is 76.6 Å². The standard InChI is InChI=1S/C24H28N2O5S/c1-18(2)26-14-13-23(15-24(26)27)32(28,29)25(16-19-5-9-21(30-3)10-6-19)17-20-7-11-22(31-4)12-8-20/h5-15,18H,16-17H2,1-4H3. The lowest BCUT2D eigenvalue weighted by Gasteiger charge is -2.23. The Morgan fingerprint density at radius 2 is 1.31 bits per heavy atom. The molecular weight excluding hydrogens is 428 g/mol. The van der Waals surface area contributed by atoms with Crippen LogP contribution in [0.25, 0.3) is 0 Å². The van der Waals surface area contributed by atoms with Gasteiger partial charge in [-0.25, -0.2) is 8.42 Å². The molecule has 0 radical (unpaired) electrons. The number of sulfonamides is 1. The third-order valence-corrected chi connectivity index (χ3v) is 6.94. The van der Waals surface area contributed by atoms with Crippen molar-refractivity contribution in [1.82, 2.24) is 8.87 Å². The largest absolute Gasteiger partial charge is 0.497 e. The minimum absolute atomic E-state index is 0.0265. The number of hydrogen-bond donors (Lipinski definition) is 0. The lowest BCUT2D eigenvalue weighted by atomic mass is 10.2. The third-order valence-electron chi connectivity index (χ3n) is 5.15. The topological polar surface area (TPSA) is 77.8 Å². The zero-order valence-corrected chi connectivity index (χ0v) is 19.5. The molecular formula is C24H28N2O5S. The molecule has 0 aliphatic carbocycles. The molecule has 0 fully saturated rings. The maximum absolute atomic E-state index is 13.5. The maximum atomic E-state index is 13.5. The van der Waals surface area contributed by atoms with Crippen molar-refractivity contribution in [3.63, 3.8) is 0 Å². The molecule has 0 unspecified atom stereocenters. The van der Waals surface area contributed by atoms with Gasteiger partial charge >= 0.3 is 0 Å². The molecule has 0 saturated heterocycles. The molecule has 8 heteroatoms. The monoisotopic (exact) mass is 456 g/mol. The van der Waals surface area contributed by atoms with Crippen LogP contribution >= 0.6 is 0 Å². The average Bonchev–Trinajstić information content (AvgIpc) is 2.79. The zero-order chi connectivity index (χ0) is 23.3. The Morgan fingerprint density at radius 3 is 1.69 bits per heavy atom. The first-order valence-corrected chi connectivity index (χ1v) is 11.7. The molecule has 0 aliphatic rings. The van der Waals surface area contributed by atoms with Gasteiger partial charge in [0, 0.05) is 31.4 Å². The Bertz CT molecular complexity index is 1150. The SMILES string of the molecule is COc1ccc(CN(Cc2ccc(OC)cc2)S(=O)(=O)c2ccn(C(C)C)c(=O)c2)cc1. The number of aromatic nitrogens is 1. The molecule has 0 amide bonds. The molecule has 0 saturated carbocycles. The van der Waals surface area contributed by atoms with Crippen LogP contribution in [0.2, 0.25) is 0 Å². The van der Waals surface area contributed by atoms with E-state index >= 15 is 0 Å². The van der Waals surface area contributed by atoms with E-state index in [2.05, 4.69) is 0 Å². The lowest BCUT2D eigenvalue weighted by Crippen LogP contribution is -2.32. The lowest BCUT2D eigenvalue weighted by molar-refractivity contribution is 0.397. The van der Waals surface area contributed by atoms with E-state index in [1.54, 1.807) is 38.5 Å². The summed E-state index contributed by atoms with van der Waals surface area (Å²) in [7, 11) is -0.780. The smallest absolute Gasteiger partial charge is 0.252 e. The molecule has 1 aromatic heterocycles. The molecule has 0 aliphatic heterocycles. The molecule has 3 rings (SSSR count). The van der Waals surface area contributed by atoms with Crippen LogP contribution < -0.4 is 15.0 Å². The number of methoxy groups -OCH3 is 2. The van der Waals surface area contributed by atoms with Crippen molar-refractivity contribution < 1.29 is 17.9 Å². The Hall–Kier alpha value is -3.10. The average molecular weight is 457 g/mol. The highest BCUT2D eigenvalue weighted by molar-refractivity contribution is 7.89. The molecule has 3 aromatic rings. The van der Waals surface area contributed by atoms with E-state index in [-0.39, 0.29) is 29.6 Å². The van der Waals surface area contributed by atoms with Crippen LogP contribution in [0.5, 0.6) is 11.5 Å². The van der Waals surface area contributed by atoms with E-state index in [0.717, 1.165) is 11.1 Å². The summed E-state index contributed by atoms with van der Waals surface area (Å²) in [4.78, 5) is 12.4. The van der Waals surface area contributed by atoms with E-state index in [1.165, 1.54) is 27.2 Å². The van der Waals surface area contributed by atoms with Gasteiger partial charge in [0.25, 0.3) is 5.56 Å². The molecule has 32 heavy (non-hydrogen) atoms. The van der Waals surface area contributed by atoms with Gasteiger partial charge in [0.05, 0.1) is 19.1 Å². The number of pyridine rings is 1. The first-order chi connectivity index (χ1) is 15.2. The van der Waals surface area contributed by atoms with Gasteiger partial charge in [0.15, 0.2) is 0 Å². The highest BCUT2D eigenvalue weighted by Crippen LogP contribution is 2.23. The first-order valence-electron chi connectivity index (χ1n) is 10.2. The Labute approximate surface area is 188 Å². The number of rotatable bonds is 9. The predicted molar refractivity (Wildman–Crippen MR) is 124 cm³/mol. The predicted octanol–water partition coefficient (Wildman–Crippen LogP) is 3.84. The van der Waals surface area contributed by atoms with Gasteiger partial charge in [-0.05, 0) is 55.3 Å². The Balaban J connectivity index is 1.98. The molecule has 0 N–H and O–H groups in total. The second-order valence-electron chi connectivity index (χ2n) is 7.67. The summed E-state index contributed by atoms with van der Waals surface area (Å²) < 4.78 is 40.3. The van der Waals surface area contributed by atoms with E-state index < -0.39 is 10.0 Å². The summed E-state index contributed by atoms with van der Waals surface area (Å²) in [5, 5.41) is 0. The van der Waals surface area contributed by atoms with Crippen LogP contribution in [0.1, 0.15) is 31.0 Å². The van der Waals surface area contributed by atoms with Crippen molar-refractivity contribution in [2.75, 3.05) is 14.2 Å². The maximum Gasteiger partial charge on any atom is 0.252 e. The number of hydrogen-bond acceptors (Lipinski definition) is 5. The highest BCUT2D eigenvalue weighted by atomic mass is 32.2. The van der Waals surface area contributed by atoms with Gasteiger partial charge in [0.1, 0.15) is 11.5 Å². The van der Waals surface area contributed by atoms with Crippen LogP contribution in [0.3, 0.4) is 0 Å². The van der Waals surface area contributed by atoms with Gasteiger partial charge in [-0.1, -0.05) is 24.3 Å². The number of nitrogens with zero attached hydrogens (tertiary/aromatic N) is 2. The van der Waals surface area contributed by atoms with Crippen LogP contribution in [-0.4, -0.2) is 31.5 Å². The third kappa shape index (κ3) is 5.38. The minimum Gasteiger partial charge on any atom is -0.497 e. The summed E-state index contributed by atoms with van der Waals surface area (Å²) in [5.74, 6) is 1.38. The first kappa shape index (κ1) is 23.6. The van der Waals surface area contributed by atoms with Gasteiger partial charge in [-0.3, -0.25) is 4.79 Å². The van der Waals surface area contributed by atoms with Crippen molar-refractivity contribution in [3.05, 3.63) is 88.3 Å². The van der Waals surface area contributed by atoms with Crippen molar-refractivity contribution in [2.45, 2.75) is 37.9 Å². The minimum atomic E-state index is -3.94. The van der Waals surface area contributed by atoms with E-state index in [9.17, 15) is 13.2 Å². The molecule has 2 aromatic carbocycles. The number of benzene rings is 2. The summed E-state index contributed by atoms with van der Waals surface area (Å²) in [6, 6.07) is 17.1. The fourth-order valence-electron chi connectivity index (χ4n) is 3.30. The molecule has 170 valence electrons. The van der Waals surface area contributed by atoms with Crippen LogP contribution in [0, 0.1) is 0 Å². The van der Waals surface area contributed by atoms with Gasteiger partial charge < -0.3 is 14.0 Å². The molecule has 7 nitrogen and oxygen atoms in total. The van der Waals surface area contributed by atoms with Crippen molar-refractivity contribution in [1.29, 1.82) is 0 Å². The summed E-state index contributed by atoms with van der Waals surface area (Å²) in [6.45, 7) is 4.03. The van der Waals surface area contributed by atoms with E-state index in [1.807, 2.05) is 38.1 Å². The molecule has 1 heterocycles. The van der Waals surface area contributed by atoms with E-state index in [4.69, 9.17) is 9.47 Å². The highest BCUT2D eigenvalue weighted by Gasteiger charge is 2.26. The van der Waals surface area contributed by atoms with Gasteiger partial charge in [-0.15, -0.1) is 0 Å². The summed E-state index contributed by atoms with van der Waals surface area (Å²) in [6.07, 6.45) is 1.53. The fourth-order valence-corrected chi connectivity index (χ4v) is 4.72. The zero-order valence-electron chi connectivity index (χ0n) is 18.7. The molecule has 0 spiro atoms.